The maximum Gasteiger partial charge on any atom is 0.340 e. The number of esters is 2. The molecule has 0 saturated carbocycles. The van der Waals surface area contributed by atoms with E-state index in [0.29, 0.717) is 6.08 Å². The van der Waals surface area contributed by atoms with Crippen molar-refractivity contribution < 1.29 is 39.2 Å². The first-order chi connectivity index (χ1) is 10.8. The van der Waals surface area contributed by atoms with Crippen LogP contribution in [0.3, 0.4) is 0 Å². The van der Waals surface area contributed by atoms with E-state index in [9.17, 15) is 24.6 Å². The second-order valence-electron chi connectivity index (χ2n) is 4.52. The molecule has 0 amide bonds. The van der Waals surface area contributed by atoms with Crippen LogP contribution in [-0.4, -0.2) is 45.9 Å². The van der Waals surface area contributed by atoms with Gasteiger partial charge >= 0.3 is 17.9 Å². The molecule has 1 atom stereocenters. The lowest BCUT2D eigenvalue weighted by atomic mass is 10.2. The summed E-state index contributed by atoms with van der Waals surface area (Å²) in [5.74, 6) is -3.15. The molecule has 0 aliphatic carbocycles. The van der Waals surface area contributed by atoms with Crippen LogP contribution < -0.4 is 4.74 Å². The number of carboxylic acids is 1. The third-order valence-corrected chi connectivity index (χ3v) is 2.59. The molecule has 8 nitrogen and oxygen atoms in total. The molecule has 0 spiro atoms. The maximum absolute atomic E-state index is 11.6. The third-order valence-electron chi connectivity index (χ3n) is 2.59. The minimum atomic E-state index is -1.53. The molecule has 1 aromatic carbocycles. The number of benzene rings is 1. The molecule has 3 N–H and O–H groups in total. The predicted octanol–water partition coefficient (Wildman–Crippen LogP) is 0.623. The second-order valence-corrected chi connectivity index (χ2v) is 4.52. The molecule has 0 aromatic heterocycles. The van der Waals surface area contributed by atoms with Gasteiger partial charge in [-0.05, 0) is 19.1 Å². The number of rotatable bonds is 7. The Kier molecular flexibility index (Phi) is 6.75. The zero-order valence-corrected chi connectivity index (χ0v) is 12.3. The van der Waals surface area contributed by atoms with Gasteiger partial charge in [0.1, 0.15) is 11.5 Å². The van der Waals surface area contributed by atoms with Crippen molar-refractivity contribution in [3.8, 4) is 11.5 Å². The van der Waals surface area contributed by atoms with Crippen LogP contribution in [-0.2, 0) is 19.1 Å². The van der Waals surface area contributed by atoms with E-state index in [1.807, 2.05) is 0 Å². The SMILES string of the molecule is C/C(=C\C(=O)O)C(=O)OCCC(O)C(=O)Oc1cccc(O)c1. The molecule has 0 fully saturated rings. The molecular weight excluding hydrogens is 308 g/mol. The van der Waals surface area contributed by atoms with Crippen LogP contribution >= 0.6 is 0 Å². The van der Waals surface area contributed by atoms with Crippen molar-refractivity contribution in [3.63, 3.8) is 0 Å². The van der Waals surface area contributed by atoms with Gasteiger partial charge in [-0.2, -0.15) is 0 Å². The summed E-state index contributed by atoms with van der Waals surface area (Å²) in [7, 11) is 0. The molecule has 8 heteroatoms. The summed E-state index contributed by atoms with van der Waals surface area (Å²) >= 11 is 0. The molecule has 1 rings (SSSR count). The standard InChI is InChI=1S/C15H16O8/c1-9(7-13(18)19)14(20)22-6-5-12(17)15(21)23-11-4-2-3-10(16)8-11/h2-4,7-8,12,16-17H,5-6H2,1H3,(H,18,19)/b9-7+. The number of aliphatic carboxylic acids is 1. The molecule has 0 heterocycles. The van der Waals surface area contributed by atoms with E-state index in [4.69, 9.17) is 14.6 Å². The van der Waals surface area contributed by atoms with Crippen LogP contribution in [0, 0.1) is 0 Å². The topological polar surface area (TPSA) is 130 Å². The van der Waals surface area contributed by atoms with Crippen LogP contribution in [0.4, 0.5) is 0 Å². The van der Waals surface area contributed by atoms with Crippen LogP contribution in [0.15, 0.2) is 35.9 Å². The monoisotopic (exact) mass is 324 g/mol. The Labute approximate surface area is 131 Å². The summed E-state index contributed by atoms with van der Waals surface area (Å²) in [5.41, 5.74) is -0.116. The summed E-state index contributed by atoms with van der Waals surface area (Å²) in [5, 5.41) is 27.3. The Bertz CT molecular complexity index is 620. The minimum Gasteiger partial charge on any atom is -0.508 e. The number of aliphatic hydroxyl groups is 1. The fraction of sp³-hybridized carbons (Fsp3) is 0.267. The lowest BCUT2D eigenvalue weighted by molar-refractivity contribution is -0.147. The average Bonchev–Trinajstić information content (AvgIpc) is 2.46. The molecule has 23 heavy (non-hydrogen) atoms. The number of aliphatic hydroxyl groups excluding tert-OH is 1. The van der Waals surface area contributed by atoms with Gasteiger partial charge in [0.05, 0.1) is 6.61 Å². The van der Waals surface area contributed by atoms with Crippen LogP contribution in [0.25, 0.3) is 0 Å². The summed E-state index contributed by atoms with van der Waals surface area (Å²) in [6, 6.07) is 5.47. The number of hydrogen-bond donors (Lipinski definition) is 3. The van der Waals surface area contributed by atoms with Crippen molar-refractivity contribution in [2.24, 2.45) is 0 Å². The molecule has 0 radical (unpaired) electrons. The van der Waals surface area contributed by atoms with Gasteiger partial charge < -0.3 is 24.8 Å². The number of phenols is 1. The summed E-state index contributed by atoms with van der Waals surface area (Å²) in [4.78, 5) is 33.4. The molecule has 124 valence electrons. The second kappa shape index (κ2) is 8.54. The van der Waals surface area contributed by atoms with E-state index in [1.54, 1.807) is 0 Å². The highest BCUT2D eigenvalue weighted by molar-refractivity contribution is 5.95. The van der Waals surface area contributed by atoms with E-state index < -0.39 is 24.0 Å². The Morgan fingerprint density at radius 1 is 1.30 bits per heavy atom. The molecule has 0 aliphatic heterocycles. The van der Waals surface area contributed by atoms with Gasteiger partial charge in [0, 0.05) is 24.1 Å². The van der Waals surface area contributed by atoms with Crippen molar-refractivity contribution in [1.82, 2.24) is 0 Å². The summed E-state index contributed by atoms with van der Waals surface area (Å²) < 4.78 is 9.55. The van der Waals surface area contributed by atoms with E-state index in [2.05, 4.69) is 0 Å². The Balaban J connectivity index is 2.41. The normalized spacial score (nSPS) is 12.3. The molecule has 0 saturated heterocycles. The highest BCUT2D eigenvalue weighted by Gasteiger charge is 2.18. The fourth-order valence-electron chi connectivity index (χ4n) is 1.47. The van der Waals surface area contributed by atoms with Crippen LogP contribution in [0.5, 0.6) is 11.5 Å². The lowest BCUT2D eigenvalue weighted by Gasteiger charge is -2.11. The number of aromatic hydroxyl groups is 1. The van der Waals surface area contributed by atoms with Gasteiger partial charge in [0.15, 0.2) is 6.10 Å². The smallest absolute Gasteiger partial charge is 0.340 e. The van der Waals surface area contributed by atoms with Crippen molar-refractivity contribution >= 4 is 17.9 Å². The summed E-state index contributed by atoms with van der Waals surface area (Å²) in [6.07, 6.45) is -1.06. The number of carbonyl (C=O) groups is 3. The number of carbonyl (C=O) groups excluding carboxylic acids is 2. The van der Waals surface area contributed by atoms with Crippen molar-refractivity contribution in [2.75, 3.05) is 6.61 Å². The molecule has 0 bridgehead atoms. The molecule has 1 unspecified atom stereocenters. The first-order valence-corrected chi connectivity index (χ1v) is 6.56. The Morgan fingerprint density at radius 3 is 2.61 bits per heavy atom. The largest absolute Gasteiger partial charge is 0.508 e. The van der Waals surface area contributed by atoms with Gasteiger partial charge in [0.25, 0.3) is 0 Å². The zero-order valence-electron chi connectivity index (χ0n) is 12.3. The van der Waals surface area contributed by atoms with Crippen molar-refractivity contribution in [3.05, 3.63) is 35.9 Å². The van der Waals surface area contributed by atoms with Gasteiger partial charge in [-0.1, -0.05) is 6.07 Å². The average molecular weight is 324 g/mol. The van der Waals surface area contributed by atoms with Crippen molar-refractivity contribution in [2.45, 2.75) is 19.4 Å². The first-order valence-electron chi connectivity index (χ1n) is 6.56. The Hall–Kier alpha value is -2.87. The van der Waals surface area contributed by atoms with Crippen LogP contribution in [0.1, 0.15) is 13.3 Å². The van der Waals surface area contributed by atoms with E-state index in [0.717, 1.165) is 0 Å². The van der Waals surface area contributed by atoms with Gasteiger partial charge in [-0.25, -0.2) is 14.4 Å². The minimum absolute atomic E-state index is 0.0614. The predicted molar refractivity (Wildman–Crippen MR) is 76.7 cm³/mol. The van der Waals surface area contributed by atoms with Crippen LogP contribution in [0.2, 0.25) is 0 Å². The third kappa shape index (κ3) is 6.62. The molecule has 0 aliphatic rings. The maximum atomic E-state index is 11.6. The highest BCUT2D eigenvalue weighted by atomic mass is 16.6. The number of phenolic OH excluding ortho intramolecular Hbond substituents is 1. The van der Waals surface area contributed by atoms with E-state index >= 15 is 0 Å². The van der Waals surface area contributed by atoms with Gasteiger partial charge in [-0.15, -0.1) is 0 Å². The Morgan fingerprint density at radius 2 is 2.00 bits per heavy atom. The van der Waals surface area contributed by atoms with Crippen molar-refractivity contribution in [1.29, 1.82) is 0 Å². The van der Waals surface area contributed by atoms with Gasteiger partial charge in [0.2, 0.25) is 0 Å². The number of ether oxygens (including phenoxy) is 2. The van der Waals surface area contributed by atoms with E-state index in [-0.39, 0.29) is 30.1 Å². The number of carboxylic acid groups (broad SMARTS) is 1. The highest BCUT2D eigenvalue weighted by Crippen LogP contribution is 2.18. The number of hydrogen-bond acceptors (Lipinski definition) is 7. The zero-order chi connectivity index (χ0) is 17.4. The molecule has 1 aromatic rings. The van der Waals surface area contributed by atoms with E-state index in [1.165, 1.54) is 31.2 Å². The van der Waals surface area contributed by atoms with Gasteiger partial charge in [-0.3, -0.25) is 0 Å². The summed E-state index contributed by atoms with van der Waals surface area (Å²) in [6.45, 7) is 0.975. The first kappa shape index (κ1) is 18.2. The fourth-order valence-corrected chi connectivity index (χ4v) is 1.47. The molecular formula is C15H16O8. The quantitative estimate of drug-likeness (QED) is 0.378. The lowest BCUT2D eigenvalue weighted by Crippen LogP contribution is -2.27.